The number of rotatable bonds is 2. The van der Waals surface area contributed by atoms with E-state index in [1.54, 1.807) is 12.1 Å². The topological polar surface area (TPSA) is 16.1 Å². The molecule has 0 saturated carbocycles. The maximum atomic E-state index is 13.4. The van der Waals surface area contributed by atoms with Crippen molar-refractivity contribution in [1.29, 1.82) is 0 Å². The van der Waals surface area contributed by atoms with Crippen LogP contribution in [0.5, 0.6) is 0 Å². The number of aromatic nitrogens is 1. The Morgan fingerprint density at radius 1 is 1.21 bits per heavy atom. The number of anilines is 1. The van der Waals surface area contributed by atoms with Crippen LogP contribution in [0.3, 0.4) is 0 Å². The molecule has 1 aromatic carbocycles. The minimum Gasteiger partial charge on any atom is -0.350 e. The van der Waals surface area contributed by atoms with Crippen LogP contribution < -0.4 is 4.90 Å². The first-order valence-electron chi connectivity index (χ1n) is 6.70. The zero-order valence-corrected chi connectivity index (χ0v) is 11.0. The maximum absolute atomic E-state index is 13.4. The highest BCUT2D eigenvalue weighted by Crippen LogP contribution is 2.35. The van der Waals surface area contributed by atoms with E-state index in [0.717, 1.165) is 36.5 Å². The van der Waals surface area contributed by atoms with Gasteiger partial charge in [-0.3, -0.25) is 0 Å². The molecule has 1 saturated heterocycles. The Labute approximate surface area is 112 Å². The van der Waals surface area contributed by atoms with Crippen LogP contribution in [0.1, 0.15) is 30.1 Å². The second-order valence-corrected chi connectivity index (χ2v) is 5.04. The van der Waals surface area contributed by atoms with Gasteiger partial charge in [-0.1, -0.05) is 18.2 Å². The van der Waals surface area contributed by atoms with E-state index in [1.165, 1.54) is 6.07 Å². The summed E-state index contributed by atoms with van der Waals surface area (Å²) in [5, 5.41) is 0. The first kappa shape index (κ1) is 12.2. The minimum absolute atomic E-state index is 0.165. The van der Waals surface area contributed by atoms with Crippen molar-refractivity contribution in [2.24, 2.45) is 0 Å². The van der Waals surface area contributed by atoms with Gasteiger partial charge in [0.1, 0.15) is 11.6 Å². The van der Waals surface area contributed by atoms with Gasteiger partial charge in [0.2, 0.25) is 0 Å². The predicted octanol–water partition coefficient (Wildman–Crippen LogP) is 3.87. The van der Waals surface area contributed by atoms with Crippen LogP contribution in [0.15, 0.2) is 42.5 Å². The number of hydrogen-bond donors (Lipinski definition) is 0. The SMILES string of the molecule is Cc1cccc(N2CCCC2c2cccc(F)c2)n1. The second-order valence-electron chi connectivity index (χ2n) is 5.04. The third-order valence-corrected chi connectivity index (χ3v) is 3.65. The summed E-state index contributed by atoms with van der Waals surface area (Å²) < 4.78 is 13.4. The molecule has 0 spiro atoms. The number of hydrogen-bond acceptors (Lipinski definition) is 2. The molecule has 0 bridgehead atoms. The lowest BCUT2D eigenvalue weighted by molar-refractivity contribution is 0.618. The molecule has 3 heteroatoms. The predicted molar refractivity (Wildman–Crippen MR) is 74.7 cm³/mol. The van der Waals surface area contributed by atoms with Crippen molar-refractivity contribution in [3.05, 3.63) is 59.5 Å². The Bertz CT molecular complexity index is 531. The van der Waals surface area contributed by atoms with E-state index in [4.69, 9.17) is 0 Å². The number of aryl methyl sites for hydroxylation is 1. The molecule has 1 unspecified atom stereocenters. The molecular formula is C16H17FN2. The summed E-state index contributed by atoms with van der Waals surface area (Å²) in [7, 11) is 0. The summed E-state index contributed by atoms with van der Waals surface area (Å²) >= 11 is 0. The lowest BCUT2D eigenvalue weighted by Gasteiger charge is -2.26. The molecule has 1 atom stereocenters. The molecule has 0 aliphatic carbocycles. The molecule has 1 aliphatic rings. The van der Waals surface area contributed by atoms with Crippen LogP contribution in [0.4, 0.5) is 10.2 Å². The van der Waals surface area contributed by atoms with Crippen LogP contribution in [-0.4, -0.2) is 11.5 Å². The molecule has 0 radical (unpaired) electrons. The van der Waals surface area contributed by atoms with E-state index in [-0.39, 0.29) is 11.9 Å². The number of halogens is 1. The molecule has 2 aromatic rings. The molecule has 1 aromatic heterocycles. The number of benzene rings is 1. The van der Waals surface area contributed by atoms with Crippen molar-refractivity contribution in [2.45, 2.75) is 25.8 Å². The minimum atomic E-state index is -0.165. The molecule has 3 rings (SSSR count). The molecule has 0 N–H and O–H groups in total. The van der Waals surface area contributed by atoms with E-state index < -0.39 is 0 Å². The summed E-state index contributed by atoms with van der Waals surface area (Å²) in [4.78, 5) is 6.87. The van der Waals surface area contributed by atoms with E-state index in [9.17, 15) is 4.39 Å². The van der Waals surface area contributed by atoms with Gasteiger partial charge in [-0.15, -0.1) is 0 Å². The quantitative estimate of drug-likeness (QED) is 0.810. The van der Waals surface area contributed by atoms with Gasteiger partial charge in [0.15, 0.2) is 0 Å². The van der Waals surface area contributed by atoms with E-state index in [1.807, 2.05) is 31.2 Å². The second kappa shape index (κ2) is 5.00. The first-order chi connectivity index (χ1) is 9.24. The molecule has 98 valence electrons. The van der Waals surface area contributed by atoms with Crippen LogP contribution in [0.2, 0.25) is 0 Å². The standard InChI is InChI=1S/C16H17FN2/c1-12-5-2-9-16(18-12)19-10-4-8-15(19)13-6-3-7-14(17)11-13/h2-3,5-7,9,11,15H,4,8,10H2,1H3. The van der Waals surface area contributed by atoms with Gasteiger partial charge in [0.25, 0.3) is 0 Å². The maximum Gasteiger partial charge on any atom is 0.129 e. The highest BCUT2D eigenvalue weighted by atomic mass is 19.1. The fraction of sp³-hybridized carbons (Fsp3) is 0.312. The third-order valence-electron chi connectivity index (χ3n) is 3.65. The molecule has 2 nitrogen and oxygen atoms in total. The average Bonchev–Trinajstić information content (AvgIpc) is 2.88. The van der Waals surface area contributed by atoms with Crippen molar-refractivity contribution in [3.8, 4) is 0 Å². The highest BCUT2D eigenvalue weighted by Gasteiger charge is 2.27. The third kappa shape index (κ3) is 2.46. The normalized spacial score (nSPS) is 18.8. The Hall–Kier alpha value is -1.90. The van der Waals surface area contributed by atoms with Crippen LogP contribution in [0, 0.1) is 12.7 Å². The monoisotopic (exact) mass is 256 g/mol. The summed E-state index contributed by atoms with van der Waals surface area (Å²) in [6.45, 7) is 2.98. The Balaban J connectivity index is 1.93. The fourth-order valence-corrected chi connectivity index (χ4v) is 2.79. The van der Waals surface area contributed by atoms with E-state index >= 15 is 0 Å². The van der Waals surface area contributed by atoms with Crippen LogP contribution >= 0.6 is 0 Å². The first-order valence-corrected chi connectivity index (χ1v) is 6.70. The van der Waals surface area contributed by atoms with Gasteiger partial charge in [-0.25, -0.2) is 9.37 Å². The van der Waals surface area contributed by atoms with Crippen LogP contribution in [-0.2, 0) is 0 Å². The zero-order valence-electron chi connectivity index (χ0n) is 11.0. The summed E-state index contributed by atoms with van der Waals surface area (Å²) in [5.41, 5.74) is 2.06. The Morgan fingerprint density at radius 2 is 2.05 bits per heavy atom. The van der Waals surface area contributed by atoms with Gasteiger partial charge in [-0.2, -0.15) is 0 Å². The fourth-order valence-electron chi connectivity index (χ4n) is 2.79. The molecule has 1 aliphatic heterocycles. The molecular weight excluding hydrogens is 239 g/mol. The van der Waals surface area contributed by atoms with Gasteiger partial charge < -0.3 is 4.90 Å². The zero-order chi connectivity index (χ0) is 13.2. The van der Waals surface area contributed by atoms with Gasteiger partial charge in [-0.05, 0) is 49.6 Å². The summed E-state index contributed by atoms with van der Waals surface area (Å²) in [6, 6.07) is 13.2. The molecule has 19 heavy (non-hydrogen) atoms. The number of nitrogens with zero attached hydrogens (tertiary/aromatic N) is 2. The van der Waals surface area contributed by atoms with Crippen LogP contribution in [0.25, 0.3) is 0 Å². The average molecular weight is 256 g/mol. The van der Waals surface area contributed by atoms with Crippen molar-refractivity contribution in [1.82, 2.24) is 4.98 Å². The van der Waals surface area contributed by atoms with E-state index in [2.05, 4.69) is 9.88 Å². The Kier molecular flexibility index (Phi) is 3.20. The highest BCUT2D eigenvalue weighted by molar-refractivity contribution is 5.44. The van der Waals surface area contributed by atoms with Gasteiger partial charge in [0, 0.05) is 12.2 Å². The molecule has 1 fully saturated rings. The van der Waals surface area contributed by atoms with E-state index in [0.29, 0.717) is 0 Å². The lowest BCUT2D eigenvalue weighted by Crippen LogP contribution is -2.23. The Morgan fingerprint density at radius 3 is 2.84 bits per heavy atom. The smallest absolute Gasteiger partial charge is 0.129 e. The van der Waals surface area contributed by atoms with Gasteiger partial charge in [0.05, 0.1) is 6.04 Å². The van der Waals surface area contributed by atoms with Gasteiger partial charge >= 0.3 is 0 Å². The molecule has 0 amide bonds. The summed E-state index contributed by atoms with van der Waals surface area (Å²) in [5.74, 6) is 0.827. The lowest BCUT2D eigenvalue weighted by atomic mass is 10.0. The van der Waals surface area contributed by atoms with Crippen molar-refractivity contribution in [3.63, 3.8) is 0 Å². The van der Waals surface area contributed by atoms with Crippen molar-refractivity contribution < 1.29 is 4.39 Å². The molecule has 2 heterocycles. The largest absolute Gasteiger partial charge is 0.350 e. The van der Waals surface area contributed by atoms with Crippen molar-refractivity contribution in [2.75, 3.05) is 11.4 Å². The summed E-state index contributed by atoms with van der Waals surface area (Å²) in [6.07, 6.45) is 2.18. The number of pyridine rings is 1. The van der Waals surface area contributed by atoms with Crippen molar-refractivity contribution >= 4 is 5.82 Å².